The van der Waals surface area contributed by atoms with Gasteiger partial charge in [-0.1, -0.05) is 25.1 Å². The first-order valence-corrected chi connectivity index (χ1v) is 12.3. The fourth-order valence-corrected chi connectivity index (χ4v) is 5.46. The van der Waals surface area contributed by atoms with Gasteiger partial charge >= 0.3 is 5.97 Å². The molecule has 35 heavy (non-hydrogen) atoms. The Hall–Kier alpha value is -3.65. The summed E-state index contributed by atoms with van der Waals surface area (Å²) >= 11 is 1.40. The largest absolute Gasteiger partial charge is 0.453 e. The van der Waals surface area contributed by atoms with Crippen molar-refractivity contribution in [1.82, 2.24) is 13.9 Å². The number of ketones is 1. The van der Waals surface area contributed by atoms with Gasteiger partial charge in [0.15, 0.2) is 6.61 Å². The summed E-state index contributed by atoms with van der Waals surface area (Å²) in [7, 11) is 1.84. The molecule has 0 radical (unpaired) electrons. The van der Waals surface area contributed by atoms with Gasteiger partial charge in [0.2, 0.25) is 5.78 Å². The average Bonchev–Trinajstić information content (AvgIpc) is 3.44. The van der Waals surface area contributed by atoms with Gasteiger partial charge in [0, 0.05) is 28.9 Å². The number of hydrogen-bond acceptors (Lipinski definition) is 5. The van der Waals surface area contributed by atoms with E-state index in [2.05, 4.69) is 0 Å². The number of hydrogen-bond donors (Lipinski definition) is 0. The average molecular weight is 492 g/mol. The smallest absolute Gasteiger partial charge is 0.348 e. The number of para-hydroxylation sites is 1. The third kappa shape index (κ3) is 4.30. The highest BCUT2D eigenvalue weighted by atomic mass is 32.1. The molecule has 0 spiro atoms. The molecule has 0 bridgehead atoms. The number of ether oxygens (including phenoxy) is 1. The molecule has 0 amide bonds. The number of rotatable bonds is 7. The van der Waals surface area contributed by atoms with Gasteiger partial charge in [0.05, 0.1) is 11.4 Å². The Morgan fingerprint density at radius 2 is 1.69 bits per heavy atom. The van der Waals surface area contributed by atoms with Gasteiger partial charge in [-0.2, -0.15) is 0 Å². The molecule has 0 aliphatic heterocycles. The minimum absolute atomic E-state index is 0.178. The monoisotopic (exact) mass is 491 g/mol. The maximum absolute atomic E-state index is 13.5. The summed E-state index contributed by atoms with van der Waals surface area (Å²) in [5.74, 6) is -0.803. The minimum atomic E-state index is -0.496. The van der Waals surface area contributed by atoms with E-state index in [0.29, 0.717) is 21.8 Å². The number of aryl methyl sites for hydroxylation is 3. The van der Waals surface area contributed by atoms with Gasteiger partial charge in [0.25, 0.3) is 5.56 Å². The summed E-state index contributed by atoms with van der Waals surface area (Å²) in [6.07, 6.45) is 0.847. The third-order valence-electron chi connectivity index (χ3n) is 6.36. The molecule has 0 aliphatic carbocycles. The highest BCUT2D eigenvalue weighted by molar-refractivity contribution is 7.14. The molecule has 8 heteroatoms. The van der Waals surface area contributed by atoms with Crippen molar-refractivity contribution < 1.29 is 14.3 Å². The molecular formula is C27H29N3O4S. The van der Waals surface area contributed by atoms with E-state index in [4.69, 9.17) is 4.74 Å². The van der Waals surface area contributed by atoms with Crippen molar-refractivity contribution in [1.29, 1.82) is 0 Å². The first-order chi connectivity index (χ1) is 16.6. The molecule has 3 aromatic heterocycles. The van der Waals surface area contributed by atoms with Gasteiger partial charge in [-0.15, -0.1) is 11.3 Å². The van der Waals surface area contributed by atoms with E-state index >= 15 is 0 Å². The summed E-state index contributed by atoms with van der Waals surface area (Å²) < 4.78 is 10.6. The van der Waals surface area contributed by atoms with Crippen LogP contribution in [0.4, 0.5) is 0 Å². The lowest BCUT2D eigenvalue weighted by atomic mass is 10.1. The zero-order valence-electron chi connectivity index (χ0n) is 20.8. The van der Waals surface area contributed by atoms with Crippen LogP contribution >= 0.6 is 11.3 Å². The van der Waals surface area contributed by atoms with E-state index in [1.165, 1.54) is 11.3 Å². The molecule has 0 saturated heterocycles. The number of Topliss-reactive ketones (excluding diaryl/α,β-unsaturated/α-hetero) is 1. The summed E-state index contributed by atoms with van der Waals surface area (Å²) in [5, 5.41) is 0. The summed E-state index contributed by atoms with van der Waals surface area (Å²) in [5.41, 5.74) is 4.71. The van der Waals surface area contributed by atoms with Gasteiger partial charge in [-0.3, -0.25) is 14.3 Å². The Balaban J connectivity index is 1.63. The molecule has 182 valence electrons. The molecule has 0 saturated carbocycles. The number of thiophene rings is 1. The second-order valence-electron chi connectivity index (χ2n) is 8.60. The molecule has 0 aliphatic rings. The summed E-state index contributed by atoms with van der Waals surface area (Å²) in [4.78, 5) is 40.6. The minimum Gasteiger partial charge on any atom is -0.453 e. The molecule has 7 nitrogen and oxygen atoms in total. The molecule has 0 N–H and O–H groups in total. The number of esters is 1. The fourth-order valence-electron chi connectivity index (χ4n) is 4.45. The van der Waals surface area contributed by atoms with Crippen molar-refractivity contribution in [2.45, 2.75) is 41.0 Å². The Kier molecular flexibility index (Phi) is 6.67. The van der Waals surface area contributed by atoms with Crippen molar-refractivity contribution in [2.75, 3.05) is 6.61 Å². The Bertz CT molecular complexity index is 1480. The maximum atomic E-state index is 13.5. The molecular weight excluding hydrogens is 462 g/mol. The van der Waals surface area contributed by atoms with E-state index in [-0.39, 0.29) is 17.9 Å². The molecule has 4 rings (SSSR count). The van der Waals surface area contributed by atoms with Crippen LogP contribution in [-0.4, -0.2) is 32.3 Å². The first-order valence-electron chi connectivity index (χ1n) is 11.5. The molecule has 3 heterocycles. The predicted octanol–water partition coefficient (Wildman–Crippen LogP) is 4.86. The lowest BCUT2D eigenvalue weighted by Gasteiger charge is -2.09. The van der Waals surface area contributed by atoms with Crippen LogP contribution < -0.4 is 5.56 Å². The van der Waals surface area contributed by atoms with Gasteiger partial charge < -0.3 is 9.30 Å². The van der Waals surface area contributed by atoms with Crippen molar-refractivity contribution in [2.24, 2.45) is 7.05 Å². The maximum Gasteiger partial charge on any atom is 0.348 e. The van der Waals surface area contributed by atoms with Gasteiger partial charge in [-0.25, -0.2) is 9.48 Å². The van der Waals surface area contributed by atoms with Crippen LogP contribution in [0.15, 0.2) is 47.3 Å². The normalized spacial score (nSPS) is 11.1. The SMILES string of the molecule is CCc1sc(C(=O)OCC(=O)c2cc(C)n(-c3c(C)n(C)n(-c4ccccc4)c3=O)c2C)cc1C. The van der Waals surface area contributed by atoms with Crippen molar-refractivity contribution >= 4 is 23.1 Å². The van der Waals surface area contributed by atoms with E-state index < -0.39 is 5.97 Å². The van der Waals surface area contributed by atoms with E-state index in [0.717, 1.165) is 33.9 Å². The van der Waals surface area contributed by atoms with E-state index in [1.807, 2.05) is 74.3 Å². The fraction of sp³-hybridized carbons (Fsp3) is 0.296. The number of aromatic nitrogens is 3. The first kappa shape index (κ1) is 24.5. The van der Waals surface area contributed by atoms with E-state index in [9.17, 15) is 14.4 Å². The van der Waals surface area contributed by atoms with Crippen LogP contribution in [0.3, 0.4) is 0 Å². The van der Waals surface area contributed by atoms with Crippen LogP contribution in [-0.2, 0) is 18.2 Å². The van der Waals surface area contributed by atoms with Crippen LogP contribution in [0.2, 0.25) is 0 Å². The van der Waals surface area contributed by atoms with Crippen LogP contribution in [0.25, 0.3) is 11.4 Å². The predicted molar refractivity (Wildman–Crippen MR) is 138 cm³/mol. The van der Waals surface area contributed by atoms with Crippen LogP contribution in [0.5, 0.6) is 0 Å². The van der Waals surface area contributed by atoms with Crippen LogP contribution in [0, 0.1) is 27.7 Å². The highest BCUT2D eigenvalue weighted by Crippen LogP contribution is 2.25. The van der Waals surface area contributed by atoms with E-state index in [1.54, 1.807) is 23.7 Å². The molecule has 4 aromatic rings. The summed E-state index contributed by atoms with van der Waals surface area (Å²) in [6.45, 7) is 9.18. The lowest BCUT2D eigenvalue weighted by molar-refractivity contribution is 0.0479. The number of carbonyl (C=O) groups is 2. The lowest BCUT2D eigenvalue weighted by Crippen LogP contribution is -2.22. The third-order valence-corrected chi connectivity index (χ3v) is 7.72. The Morgan fingerprint density at radius 1 is 1.00 bits per heavy atom. The van der Waals surface area contributed by atoms with Crippen molar-refractivity contribution in [3.8, 4) is 11.4 Å². The molecule has 0 unspecified atom stereocenters. The second-order valence-corrected chi connectivity index (χ2v) is 9.74. The van der Waals surface area contributed by atoms with Gasteiger partial charge in [0.1, 0.15) is 10.6 Å². The molecule has 0 fully saturated rings. The zero-order valence-corrected chi connectivity index (χ0v) is 21.7. The van der Waals surface area contributed by atoms with Crippen molar-refractivity contribution in [3.05, 3.63) is 90.8 Å². The van der Waals surface area contributed by atoms with Gasteiger partial charge in [-0.05, 0) is 63.9 Å². The standard InChI is InChI=1S/C27H29N3O4S/c1-7-23-16(2)13-24(35-23)27(33)34-15-22(31)21-14-17(3)29(18(21)4)25-19(5)28(6)30(26(25)32)20-11-9-8-10-12-20/h8-14H,7,15H2,1-6H3. The van der Waals surface area contributed by atoms with Crippen molar-refractivity contribution in [3.63, 3.8) is 0 Å². The Morgan fingerprint density at radius 3 is 2.31 bits per heavy atom. The second kappa shape index (κ2) is 9.54. The number of nitrogens with zero attached hydrogens (tertiary/aromatic N) is 3. The van der Waals surface area contributed by atoms with Crippen LogP contribution in [0.1, 0.15) is 54.5 Å². The summed E-state index contributed by atoms with van der Waals surface area (Å²) in [6, 6.07) is 13.0. The topological polar surface area (TPSA) is 75.2 Å². The molecule has 1 aromatic carbocycles. The zero-order chi connectivity index (χ0) is 25.4. The molecule has 0 atom stereocenters. The Labute approximate surface area is 208 Å². The number of carbonyl (C=O) groups excluding carboxylic acids is 2. The quantitative estimate of drug-likeness (QED) is 0.273. The number of benzene rings is 1. The highest BCUT2D eigenvalue weighted by Gasteiger charge is 2.24.